The highest BCUT2D eigenvalue weighted by Gasteiger charge is 2.10. The third kappa shape index (κ3) is 3.62. The van der Waals surface area contributed by atoms with Crippen molar-refractivity contribution in [1.29, 1.82) is 0 Å². The maximum atomic E-state index is 13.4. The summed E-state index contributed by atoms with van der Waals surface area (Å²) in [5.41, 5.74) is 0.357. The molecule has 0 amide bonds. The van der Waals surface area contributed by atoms with Crippen LogP contribution in [0.3, 0.4) is 0 Å². The zero-order valence-corrected chi connectivity index (χ0v) is 10.6. The van der Waals surface area contributed by atoms with Gasteiger partial charge >= 0.3 is 0 Å². The molecule has 0 fully saturated rings. The highest BCUT2D eigenvalue weighted by atomic mass is 32.1. The van der Waals surface area contributed by atoms with Crippen LogP contribution in [0.25, 0.3) is 0 Å². The lowest BCUT2D eigenvalue weighted by atomic mass is 10.0. The number of aliphatic hydroxyl groups excluding tert-OH is 1. The zero-order valence-electron chi connectivity index (χ0n) is 9.77. The molecule has 2 aromatic rings. The number of benzene rings is 1. The molecule has 1 aromatic carbocycles. The van der Waals surface area contributed by atoms with E-state index in [0.29, 0.717) is 12.0 Å². The number of hydrogen-bond donors (Lipinski definition) is 1. The second-order valence-corrected chi connectivity index (χ2v) is 5.24. The summed E-state index contributed by atoms with van der Waals surface area (Å²) in [6.07, 6.45) is 0.975. The molecule has 0 aliphatic heterocycles. The first kappa shape index (κ1) is 13.2. The van der Waals surface area contributed by atoms with Crippen LogP contribution in [0.5, 0.6) is 0 Å². The molecule has 1 aromatic heterocycles. The minimum absolute atomic E-state index is 0.220. The van der Waals surface area contributed by atoms with E-state index in [9.17, 15) is 13.9 Å². The number of aryl methyl sites for hydroxylation is 1. The molecule has 1 heterocycles. The lowest BCUT2D eigenvalue weighted by molar-refractivity contribution is 0.164. The SMILES string of the molecule is OC(CCc1cccs1)Cc1ccc(F)cc1F. The van der Waals surface area contributed by atoms with Gasteiger partial charge in [-0.25, -0.2) is 8.78 Å². The summed E-state index contributed by atoms with van der Waals surface area (Å²) < 4.78 is 26.1. The second-order valence-electron chi connectivity index (χ2n) is 4.21. The summed E-state index contributed by atoms with van der Waals surface area (Å²) in [5, 5.41) is 11.8. The van der Waals surface area contributed by atoms with Crippen LogP contribution in [0.4, 0.5) is 8.78 Å². The Labute approximate surface area is 109 Å². The molecule has 2 rings (SSSR count). The summed E-state index contributed by atoms with van der Waals surface area (Å²) in [5.74, 6) is -1.19. The standard InChI is InChI=1S/C14H14F2OS/c15-11-4-3-10(14(16)9-11)8-12(17)5-6-13-2-1-7-18-13/h1-4,7,9,12,17H,5-6,8H2. The predicted molar refractivity (Wildman–Crippen MR) is 68.7 cm³/mol. The lowest BCUT2D eigenvalue weighted by Crippen LogP contribution is -2.12. The summed E-state index contributed by atoms with van der Waals surface area (Å²) in [4.78, 5) is 1.20. The van der Waals surface area contributed by atoms with Crippen LogP contribution in [0.1, 0.15) is 16.9 Å². The van der Waals surface area contributed by atoms with Crippen molar-refractivity contribution in [1.82, 2.24) is 0 Å². The van der Waals surface area contributed by atoms with Crippen molar-refractivity contribution >= 4 is 11.3 Å². The van der Waals surface area contributed by atoms with Crippen LogP contribution in [-0.2, 0) is 12.8 Å². The minimum Gasteiger partial charge on any atom is -0.393 e. The Balaban J connectivity index is 1.88. The molecule has 1 nitrogen and oxygen atoms in total. The quantitative estimate of drug-likeness (QED) is 0.879. The number of rotatable bonds is 5. The van der Waals surface area contributed by atoms with Gasteiger partial charge in [0.2, 0.25) is 0 Å². The monoisotopic (exact) mass is 268 g/mol. The Bertz CT molecular complexity index is 497. The van der Waals surface area contributed by atoms with Gasteiger partial charge in [-0.3, -0.25) is 0 Å². The average molecular weight is 268 g/mol. The number of hydrogen-bond acceptors (Lipinski definition) is 2. The molecule has 18 heavy (non-hydrogen) atoms. The van der Waals surface area contributed by atoms with E-state index < -0.39 is 17.7 Å². The van der Waals surface area contributed by atoms with Gasteiger partial charge in [-0.2, -0.15) is 0 Å². The summed E-state index contributed by atoms with van der Waals surface area (Å²) >= 11 is 1.64. The van der Waals surface area contributed by atoms with Gasteiger partial charge in [-0.15, -0.1) is 11.3 Å². The molecular formula is C14H14F2OS. The first-order valence-electron chi connectivity index (χ1n) is 5.79. The summed E-state index contributed by atoms with van der Waals surface area (Å²) in [7, 11) is 0. The van der Waals surface area contributed by atoms with Gasteiger partial charge < -0.3 is 5.11 Å². The fourth-order valence-corrected chi connectivity index (χ4v) is 2.53. The third-order valence-electron chi connectivity index (χ3n) is 2.77. The number of aliphatic hydroxyl groups is 1. The van der Waals surface area contributed by atoms with Crippen molar-refractivity contribution in [2.24, 2.45) is 0 Å². The van der Waals surface area contributed by atoms with E-state index in [2.05, 4.69) is 0 Å². The van der Waals surface area contributed by atoms with E-state index in [1.807, 2.05) is 17.5 Å². The van der Waals surface area contributed by atoms with E-state index >= 15 is 0 Å². The first-order chi connectivity index (χ1) is 8.65. The van der Waals surface area contributed by atoms with Crippen molar-refractivity contribution in [3.05, 3.63) is 57.8 Å². The lowest BCUT2D eigenvalue weighted by Gasteiger charge is -2.10. The topological polar surface area (TPSA) is 20.2 Å². The van der Waals surface area contributed by atoms with Crippen LogP contribution in [0.2, 0.25) is 0 Å². The molecule has 4 heteroatoms. The van der Waals surface area contributed by atoms with Crippen LogP contribution in [0, 0.1) is 11.6 Å². The molecule has 96 valence electrons. The zero-order chi connectivity index (χ0) is 13.0. The normalized spacial score (nSPS) is 12.6. The van der Waals surface area contributed by atoms with Crippen molar-refractivity contribution < 1.29 is 13.9 Å². The Hall–Kier alpha value is -1.26. The fourth-order valence-electron chi connectivity index (χ4n) is 1.81. The van der Waals surface area contributed by atoms with Crippen LogP contribution in [0.15, 0.2) is 35.7 Å². The third-order valence-corrected chi connectivity index (χ3v) is 3.71. The number of thiophene rings is 1. The molecule has 0 bridgehead atoms. The molecule has 0 saturated carbocycles. The van der Waals surface area contributed by atoms with E-state index in [1.165, 1.54) is 17.0 Å². The molecule has 0 aliphatic carbocycles. The maximum absolute atomic E-state index is 13.4. The Morgan fingerprint density at radius 2 is 2.06 bits per heavy atom. The van der Waals surface area contributed by atoms with E-state index in [4.69, 9.17) is 0 Å². The second kappa shape index (κ2) is 6.07. The maximum Gasteiger partial charge on any atom is 0.129 e. The summed E-state index contributed by atoms with van der Waals surface area (Å²) in [6.45, 7) is 0. The van der Waals surface area contributed by atoms with Gasteiger partial charge in [0.25, 0.3) is 0 Å². The summed E-state index contributed by atoms with van der Waals surface area (Å²) in [6, 6.07) is 7.42. The average Bonchev–Trinajstić information content (AvgIpc) is 2.83. The minimum atomic E-state index is -0.605. The predicted octanol–water partition coefficient (Wildman–Crippen LogP) is 3.56. The highest BCUT2D eigenvalue weighted by Crippen LogP contribution is 2.16. The largest absolute Gasteiger partial charge is 0.393 e. The molecule has 0 radical (unpaired) electrons. The van der Waals surface area contributed by atoms with Crippen LogP contribution >= 0.6 is 11.3 Å². The van der Waals surface area contributed by atoms with E-state index in [-0.39, 0.29) is 6.42 Å². The van der Waals surface area contributed by atoms with Gasteiger partial charge in [-0.05, 0) is 35.9 Å². The highest BCUT2D eigenvalue weighted by molar-refractivity contribution is 7.09. The van der Waals surface area contributed by atoms with Crippen LogP contribution < -0.4 is 0 Å². The molecule has 1 atom stereocenters. The fraction of sp³-hybridized carbons (Fsp3) is 0.286. The van der Waals surface area contributed by atoms with Crippen molar-refractivity contribution in [3.8, 4) is 0 Å². The smallest absolute Gasteiger partial charge is 0.129 e. The van der Waals surface area contributed by atoms with Crippen LogP contribution in [-0.4, -0.2) is 11.2 Å². The Morgan fingerprint density at radius 3 is 2.72 bits per heavy atom. The van der Waals surface area contributed by atoms with Gasteiger partial charge in [0.1, 0.15) is 11.6 Å². The van der Waals surface area contributed by atoms with Crippen molar-refractivity contribution in [3.63, 3.8) is 0 Å². The van der Waals surface area contributed by atoms with E-state index in [0.717, 1.165) is 12.5 Å². The first-order valence-corrected chi connectivity index (χ1v) is 6.67. The van der Waals surface area contributed by atoms with Gasteiger partial charge in [0.15, 0.2) is 0 Å². The van der Waals surface area contributed by atoms with E-state index in [1.54, 1.807) is 11.3 Å². The van der Waals surface area contributed by atoms with Crippen molar-refractivity contribution in [2.75, 3.05) is 0 Å². The van der Waals surface area contributed by atoms with Gasteiger partial charge in [-0.1, -0.05) is 12.1 Å². The molecule has 1 unspecified atom stereocenters. The Morgan fingerprint density at radius 1 is 1.22 bits per heavy atom. The molecule has 0 saturated heterocycles. The molecule has 1 N–H and O–H groups in total. The van der Waals surface area contributed by atoms with Gasteiger partial charge in [0, 0.05) is 17.4 Å². The molecular weight excluding hydrogens is 254 g/mol. The molecule has 0 aliphatic rings. The van der Waals surface area contributed by atoms with Crippen molar-refractivity contribution in [2.45, 2.75) is 25.4 Å². The number of halogens is 2. The Kier molecular flexibility index (Phi) is 4.44. The molecule has 0 spiro atoms. The van der Waals surface area contributed by atoms with Gasteiger partial charge in [0.05, 0.1) is 6.10 Å².